The van der Waals surface area contributed by atoms with Gasteiger partial charge in [-0.15, -0.1) is 0 Å². The number of imidazole rings is 2. The maximum absolute atomic E-state index is 8.33. The molecule has 0 aliphatic rings. The minimum absolute atomic E-state index is 0.0762. The predicted octanol–water partition coefficient (Wildman–Crippen LogP) is 3.29. The molecule has 0 N–H and O–H groups in total. The van der Waals surface area contributed by atoms with E-state index in [9.17, 15) is 0 Å². The van der Waals surface area contributed by atoms with Crippen LogP contribution in [0.4, 0.5) is 0 Å². The van der Waals surface area contributed by atoms with Crippen molar-refractivity contribution >= 4 is 27.8 Å². The topological polar surface area (TPSA) is 22.2 Å². The molecule has 2 heterocycles. The molecule has 3 heteroatoms. The van der Waals surface area contributed by atoms with E-state index in [2.05, 4.69) is 4.98 Å². The lowest BCUT2D eigenvalue weighted by Crippen LogP contribution is -1.88. The van der Waals surface area contributed by atoms with Crippen LogP contribution in [0.15, 0.2) is 42.3 Å². The Balaban J connectivity index is 2.44. The van der Waals surface area contributed by atoms with Crippen LogP contribution in [-0.4, -0.2) is 14.0 Å². The standard InChI is InChI=1S/C15H13N3/c1-10-7-8-13-14(9-10)17(2)15-16-11-5-3-4-6-12(11)18(13)15/h3-9H,1-2H3/i3D,4D,5D,6D,7D,8D,9D. The Morgan fingerprint density at radius 3 is 2.78 bits per heavy atom. The second kappa shape index (κ2) is 3.13. The van der Waals surface area contributed by atoms with Crippen molar-refractivity contribution in [3.63, 3.8) is 0 Å². The Kier molecular flexibility index (Phi) is 0.895. The van der Waals surface area contributed by atoms with Crippen molar-refractivity contribution in [3.05, 3.63) is 47.9 Å². The van der Waals surface area contributed by atoms with E-state index in [1.165, 1.54) is 4.40 Å². The van der Waals surface area contributed by atoms with E-state index in [0.29, 0.717) is 16.9 Å². The lowest BCUT2D eigenvalue weighted by Gasteiger charge is -1.97. The fourth-order valence-electron chi connectivity index (χ4n) is 2.21. The fourth-order valence-corrected chi connectivity index (χ4v) is 2.21. The summed E-state index contributed by atoms with van der Waals surface area (Å²) in [5.41, 5.74) is 1.31. The van der Waals surface area contributed by atoms with Crippen LogP contribution >= 0.6 is 0 Å². The summed E-state index contributed by atoms with van der Waals surface area (Å²) in [6.45, 7) is 1.61. The van der Waals surface area contributed by atoms with Gasteiger partial charge in [0.25, 0.3) is 0 Å². The Morgan fingerprint density at radius 1 is 1.06 bits per heavy atom. The van der Waals surface area contributed by atoms with Gasteiger partial charge in [0.15, 0.2) is 0 Å². The van der Waals surface area contributed by atoms with Crippen molar-refractivity contribution in [1.82, 2.24) is 14.0 Å². The third-order valence-corrected chi connectivity index (χ3v) is 3.04. The Labute approximate surface area is 114 Å². The maximum Gasteiger partial charge on any atom is 0.215 e. The summed E-state index contributed by atoms with van der Waals surface area (Å²) < 4.78 is 59.7. The van der Waals surface area contributed by atoms with Crippen molar-refractivity contribution in [2.45, 2.75) is 6.92 Å². The molecule has 2 aromatic heterocycles. The molecule has 4 rings (SSSR count). The molecule has 0 saturated heterocycles. The summed E-state index contributed by atoms with van der Waals surface area (Å²) in [6.07, 6.45) is 0. The summed E-state index contributed by atoms with van der Waals surface area (Å²) in [6, 6.07) is -1.31. The lowest BCUT2D eigenvalue weighted by atomic mass is 10.2. The lowest BCUT2D eigenvalue weighted by molar-refractivity contribution is 0.973. The molecule has 3 nitrogen and oxygen atoms in total. The van der Waals surface area contributed by atoms with Gasteiger partial charge >= 0.3 is 0 Å². The van der Waals surface area contributed by atoms with Crippen LogP contribution in [0.1, 0.15) is 15.2 Å². The average molecular weight is 242 g/mol. The van der Waals surface area contributed by atoms with Gasteiger partial charge in [0.1, 0.15) is 0 Å². The molecular weight excluding hydrogens is 222 g/mol. The van der Waals surface area contributed by atoms with Crippen molar-refractivity contribution in [2.75, 3.05) is 0 Å². The Hall–Kier alpha value is -2.29. The van der Waals surface area contributed by atoms with Gasteiger partial charge in [0.05, 0.1) is 31.7 Å². The van der Waals surface area contributed by atoms with Crippen molar-refractivity contribution in [3.8, 4) is 0 Å². The number of hydrogen-bond donors (Lipinski definition) is 0. The molecule has 0 fully saturated rings. The van der Waals surface area contributed by atoms with Crippen molar-refractivity contribution in [1.29, 1.82) is 0 Å². The van der Waals surface area contributed by atoms with Crippen LogP contribution in [0.5, 0.6) is 0 Å². The summed E-state index contributed by atoms with van der Waals surface area (Å²) in [7, 11) is 1.67. The fraction of sp³-hybridized carbons (Fsp3) is 0.133. The van der Waals surface area contributed by atoms with E-state index in [0.717, 1.165) is 0 Å². The molecule has 0 aliphatic heterocycles. The molecular formula is C15H13N3. The summed E-state index contributed by atoms with van der Waals surface area (Å²) in [4.78, 5) is 4.34. The highest BCUT2D eigenvalue weighted by Gasteiger charge is 2.12. The number of para-hydroxylation sites is 2. The molecule has 0 spiro atoms. The van der Waals surface area contributed by atoms with Crippen LogP contribution in [0, 0.1) is 6.92 Å². The monoisotopic (exact) mass is 242 g/mol. The van der Waals surface area contributed by atoms with Gasteiger partial charge in [-0.3, -0.25) is 4.40 Å². The first-order chi connectivity index (χ1) is 11.7. The molecule has 18 heavy (non-hydrogen) atoms. The molecule has 0 saturated carbocycles. The van der Waals surface area contributed by atoms with Gasteiger partial charge in [-0.05, 0) is 36.7 Å². The average Bonchev–Trinajstić information content (AvgIpc) is 3.10. The van der Waals surface area contributed by atoms with Crippen LogP contribution in [0.25, 0.3) is 27.8 Å². The third kappa shape index (κ3) is 1.06. The first kappa shape index (κ1) is 5.14. The Morgan fingerprint density at radius 2 is 1.89 bits per heavy atom. The predicted molar refractivity (Wildman–Crippen MR) is 73.9 cm³/mol. The van der Waals surface area contributed by atoms with Crippen molar-refractivity contribution in [2.24, 2.45) is 7.05 Å². The second-order valence-electron chi connectivity index (χ2n) is 4.20. The first-order valence-electron chi connectivity index (χ1n) is 9.01. The molecule has 0 amide bonds. The van der Waals surface area contributed by atoms with Gasteiger partial charge in [0.2, 0.25) is 5.78 Å². The quantitative estimate of drug-likeness (QED) is 0.464. The van der Waals surface area contributed by atoms with E-state index in [1.807, 2.05) is 0 Å². The molecule has 4 aromatic rings. The normalized spacial score (nSPS) is 17.3. The highest BCUT2D eigenvalue weighted by Crippen LogP contribution is 2.25. The van der Waals surface area contributed by atoms with Crippen LogP contribution < -0.4 is 0 Å². The number of aromatic nitrogens is 3. The van der Waals surface area contributed by atoms with Gasteiger partial charge in [0, 0.05) is 7.05 Å². The summed E-state index contributed by atoms with van der Waals surface area (Å²) in [5, 5.41) is 0. The minimum Gasteiger partial charge on any atom is -0.313 e. The van der Waals surface area contributed by atoms with Gasteiger partial charge in [-0.2, -0.15) is 0 Å². The smallest absolute Gasteiger partial charge is 0.215 e. The zero-order valence-corrected chi connectivity index (χ0v) is 9.84. The maximum atomic E-state index is 8.33. The molecule has 0 radical (unpaired) electrons. The molecule has 2 aromatic carbocycles. The number of nitrogens with zero attached hydrogens (tertiary/aromatic N) is 3. The van der Waals surface area contributed by atoms with Crippen LogP contribution in [0.3, 0.4) is 0 Å². The second-order valence-corrected chi connectivity index (χ2v) is 4.20. The molecule has 88 valence electrons. The highest BCUT2D eigenvalue weighted by atomic mass is 15.2. The zero-order chi connectivity index (χ0) is 18.4. The number of benzene rings is 2. The van der Waals surface area contributed by atoms with E-state index in [4.69, 9.17) is 9.60 Å². The van der Waals surface area contributed by atoms with Gasteiger partial charge < -0.3 is 4.57 Å². The zero-order valence-electron chi connectivity index (χ0n) is 16.8. The number of aryl methyl sites for hydroxylation is 1. The summed E-state index contributed by atoms with van der Waals surface area (Å²) in [5.74, 6) is 0.309. The number of fused-ring (bicyclic) bond motifs is 5. The van der Waals surface area contributed by atoms with E-state index in [-0.39, 0.29) is 58.8 Å². The molecule has 0 bridgehead atoms. The van der Waals surface area contributed by atoms with E-state index < -0.39 is 0 Å². The Bertz CT molecular complexity index is 1240. The number of hydrogen-bond acceptors (Lipinski definition) is 1. The largest absolute Gasteiger partial charge is 0.313 e. The highest BCUT2D eigenvalue weighted by molar-refractivity contribution is 5.90. The van der Waals surface area contributed by atoms with E-state index in [1.54, 1.807) is 18.5 Å². The number of rotatable bonds is 0. The van der Waals surface area contributed by atoms with Gasteiger partial charge in [-0.1, -0.05) is 18.1 Å². The molecule has 0 atom stereocenters. The van der Waals surface area contributed by atoms with Crippen LogP contribution in [-0.2, 0) is 7.05 Å². The minimum atomic E-state index is -0.382. The van der Waals surface area contributed by atoms with Gasteiger partial charge in [-0.25, -0.2) is 4.98 Å². The SMILES string of the molecule is [2H]c1c([2H])c([2H])c2c(nc3n(C)c4c([2H])c(C)c([2H])c([2H])c4n23)c1[2H]. The molecule has 0 aliphatic carbocycles. The molecule has 0 unspecified atom stereocenters. The summed E-state index contributed by atoms with van der Waals surface area (Å²) >= 11 is 0. The first-order valence-corrected chi connectivity index (χ1v) is 5.51. The van der Waals surface area contributed by atoms with Crippen molar-refractivity contribution < 1.29 is 9.60 Å². The third-order valence-electron chi connectivity index (χ3n) is 3.04. The van der Waals surface area contributed by atoms with E-state index >= 15 is 0 Å². The van der Waals surface area contributed by atoms with Crippen LogP contribution in [0.2, 0.25) is 0 Å².